The molecule has 0 rings (SSSR count). The predicted octanol–water partition coefficient (Wildman–Crippen LogP) is 0.585. The molecule has 0 amide bonds. The van der Waals surface area contributed by atoms with Crippen molar-refractivity contribution >= 4 is 47.9 Å². The Hall–Kier alpha value is 0.460. The molecule has 0 aliphatic heterocycles. The Labute approximate surface area is 115 Å². The van der Waals surface area contributed by atoms with Crippen molar-refractivity contribution in [2.75, 3.05) is 34.3 Å². The summed E-state index contributed by atoms with van der Waals surface area (Å²) in [5.74, 6) is -0.302. The van der Waals surface area contributed by atoms with Gasteiger partial charge in [-0.3, -0.25) is 0 Å². The molecule has 0 heterocycles. The first kappa shape index (κ1) is 19.9. The van der Waals surface area contributed by atoms with E-state index in [0.717, 1.165) is 11.0 Å². The van der Waals surface area contributed by atoms with Gasteiger partial charge in [-0.2, -0.15) is 0 Å². The van der Waals surface area contributed by atoms with Crippen LogP contribution in [0.2, 0.25) is 0 Å². The molecule has 0 N–H and O–H groups in total. The molecule has 14 heavy (non-hydrogen) atoms. The molecule has 0 atom stereocenters. The number of carbonyl (C=O) groups excluding carboxylic acids is 1. The zero-order valence-corrected chi connectivity index (χ0v) is 9.61. The van der Waals surface area contributed by atoms with Gasteiger partial charge in [0.05, 0.1) is 21.1 Å². The fraction of sp³-hybridized carbons (Fsp3) is 0.667. The second-order valence-corrected chi connectivity index (χ2v) is 3.93. The van der Waals surface area contributed by atoms with Gasteiger partial charge in [0.15, 0.2) is 0 Å². The number of esters is 1. The van der Waals surface area contributed by atoms with Crippen LogP contribution < -0.4 is 0 Å². The molecule has 0 aromatic rings. The van der Waals surface area contributed by atoms with Gasteiger partial charge in [-0.25, -0.2) is 4.79 Å². The Morgan fingerprint density at radius 1 is 1.36 bits per heavy atom. The molecule has 0 aromatic carbocycles. The number of hydrogen-bond acceptors (Lipinski definition) is 2. The van der Waals surface area contributed by atoms with Crippen LogP contribution in [0.3, 0.4) is 0 Å². The maximum atomic E-state index is 10.9. The summed E-state index contributed by atoms with van der Waals surface area (Å²) in [6.07, 6.45) is 0. The zero-order valence-electron chi connectivity index (χ0n) is 8.79. The van der Waals surface area contributed by atoms with Crippen molar-refractivity contribution in [2.24, 2.45) is 0 Å². The molecule has 0 saturated carbocycles. The van der Waals surface area contributed by atoms with Gasteiger partial charge in [0.25, 0.3) is 0 Å². The van der Waals surface area contributed by atoms with E-state index in [1.807, 2.05) is 0 Å². The van der Waals surface area contributed by atoms with Crippen molar-refractivity contribution in [3.63, 3.8) is 0 Å². The van der Waals surface area contributed by atoms with Crippen LogP contribution in [0.1, 0.15) is 6.92 Å². The van der Waals surface area contributed by atoms with Crippen molar-refractivity contribution in [1.29, 1.82) is 0 Å². The minimum absolute atomic E-state index is 0. The van der Waals surface area contributed by atoms with E-state index in [0.29, 0.717) is 12.2 Å². The molecule has 0 spiro atoms. The summed E-state index contributed by atoms with van der Waals surface area (Å²) >= 11 is 0. The van der Waals surface area contributed by atoms with Crippen LogP contribution in [0, 0.1) is 0 Å². The molecule has 80 valence electrons. The van der Waals surface area contributed by atoms with E-state index in [-0.39, 0.29) is 47.9 Å². The summed E-state index contributed by atoms with van der Waals surface area (Å²) < 4.78 is 5.72. The summed E-state index contributed by atoms with van der Waals surface area (Å²) in [6, 6.07) is 0. The van der Waals surface area contributed by atoms with Crippen molar-refractivity contribution < 1.29 is 14.0 Å². The number of carbonyl (C=O) groups is 1. The van der Waals surface area contributed by atoms with Gasteiger partial charge in [0.2, 0.25) is 0 Å². The van der Waals surface area contributed by atoms with Crippen molar-refractivity contribution in [1.82, 2.24) is 0 Å². The average molecular weight is 233 g/mol. The number of quaternary nitrogens is 1. The number of ether oxygens (including phenoxy) is 1. The van der Waals surface area contributed by atoms with Crippen LogP contribution in [-0.2, 0) is 9.53 Å². The maximum absolute atomic E-state index is 10.9. The summed E-state index contributed by atoms with van der Waals surface area (Å²) in [5, 5.41) is 0. The Bertz CT molecular complexity index is 190. The molecule has 0 aliphatic carbocycles. The van der Waals surface area contributed by atoms with Crippen LogP contribution in [0.15, 0.2) is 12.2 Å². The monoisotopic (exact) mass is 232 g/mol. The summed E-state index contributed by atoms with van der Waals surface area (Å²) in [6.45, 7) is 6.41. The van der Waals surface area contributed by atoms with Crippen molar-refractivity contribution in [3.05, 3.63) is 12.2 Å². The van der Waals surface area contributed by atoms with Crippen LogP contribution >= 0.6 is 12.4 Å². The van der Waals surface area contributed by atoms with E-state index in [4.69, 9.17) is 4.74 Å². The third kappa shape index (κ3) is 12.5. The van der Waals surface area contributed by atoms with Gasteiger partial charge >= 0.3 is 35.5 Å². The molecule has 3 nitrogen and oxygen atoms in total. The number of halogens is 1. The number of nitrogens with zero attached hydrogens (tertiary/aromatic N) is 1. The van der Waals surface area contributed by atoms with Gasteiger partial charge < -0.3 is 9.22 Å². The van der Waals surface area contributed by atoms with E-state index >= 15 is 0 Å². The van der Waals surface area contributed by atoms with Crippen LogP contribution in [0.4, 0.5) is 0 Å². The van der Waals surface area contributed by atoms with Gasteiger partial charge in [-0.15, -0.1) is 12.4 Å². The molecule has 0 bridgehead atoms. The van der Waals surface area contributed by atoms with E-state index in [9.17, 15) is 4.79 Å². The first-order valence-corrected chi connectivity index (χ1v) is 3.96. The topological polar surface area (TPSA) is 26.3 Å². The standard InChI is InChI=1S/C9H18NO2.ClH.Na.H/c1-8(2)9(11)12-7-6-10(3,4)5;;;/h1,6-7H2,2-5H3;1H;;/q+1;;;. The van der Waals surface area contributed by atoms with E-state index in [1.165, 1.54) is 0 Å². The third-order valence-electron chi connectivity index (χ3n) is 1.34. The molecule has 0 aromatic heterocycles. The van der Waals surface area contributed by atoms with Crippen LogP contribution in [0.5, 0.6) is 0 Å². The van der Waals surface area contributed by atoms with E-state index in [2.05, 4.69) is 27.7 Å². The SMILES string of the molecule is C=C(C)C(=O)OCC[N+](C)(C)C.Cl.[NaH]. The summed E-state index contributed by atoms with van der Waals surface area (Å²) in [4.78, 5) is 10.9. The normalized spacial score (nSPS) is 9.43. The fourth-order valence-electron chi connectivity index (χ4n) is 0.535. The Kier molecular flexibility index (Phi) is 12.5. The first-order valence-electron chi connectivity index (χ1n) is 3.96. The van der Waals surface area contributed by atoms with Gasteiger partial charge in [-0.05, 0) is 6.92 Å². The second kappa shape index (κ2) is 8.74. The average Bonchev–Trinajstić information content (AvgIpc) is 1.84. The molecule has 0 aliphatic rings. The predicted molar refractivity (Wildman–Crippen MR) is 63.1 cm³/mol. The Balaban J connectivity index is -0.000000605. The molecule has 0 saturated heterocycles. The molecular formula is C9H20ClNNaO2+. The van der Waals surface area contributed by atoms with Gasteiger partial charge in [-0.1, -0.05) is 6.58 Å². The molecular weight excluding hydrogens is 213 g/mol. The number of hydrogen-bond donors (Lipinski definition) is 0. The van der Waals surface area contributed by atoms with Crippen molar-refractivity contribution in [2.45, 2.75) is 6.92 Å². The zero-order chi connectivity index (χ0) is 9.78. The molecule has 5 heteroatoms. The minimum atomic E-state index is -0.302. The molecule has 0 fully saturated rings. The third-order valence-corrected chi connectivity index (χ3v) is 1.34. The van der Waals surface area contributed by atoms with Gasteiger partial charge in [0.1, 0.15) is 13.2 Å². The fourth-order valence-corrected chi connectivity index (χ4v) is 0.535. The Morgan fingerprint density at radius 2 is 1.79 bits per heavy atom. The molecule has 0 radical (unpaired) electrons. The van der Waals surface area contributed by atoms with Gasteiger partial charge in [0, 0.05) is 5.57 Å². The summed E-state index contributed by atoms with van der Waals surface area (Å²) in [7, 11) is 6.15. The van der Waals surface area contributed by atoms with Crippen LogP contribution in [0.25, 0.3) is 0 Å². The second-order valence-electron chi connectivity index (χ2n) is 3.93. The first-order chi connectivity index (χ1) is 5.33. The molecule has 0 unspecified atom stereocenters. The van der Waals surface area contributed by atoms with Crippen LogP contribution in [-0.4, -0.2) is 74.3 Å². The quantitative estimate of drug-likeness (QED) is 0.307. The summed E-state index contributed by atoms with van der Waals surface area (Å²) in [5.41, 5.74) is 0.455. The Morgan fingerprint density at radius 3 is 2.07 bits per heavy atom. The van der Waals surface area contributed by atoms with Crippen molar-refractivity contribution in [3.8, 4) is 0 Å². The number of likely N-dealkylation sites (N-methyl/N-ethyl adjacent to an activating group) is 1. The van der Waals surface area contributed by atoms with E-state index < -0.39 is 0 Å². The number of rotatable bonds is 4. The van der Waals surface area contributed by atoms with E-state index in [1.54, 1.807) is 6.92 Å².